The molecule has 0 saturated heterocycles. The summed E-state index contributed by atoms with van der Waals surface area (Å²) in [5.74, 6) is -0.322. The van der Waals surface area contributed by atoms with Crippen molar-refractivity contribution >= 4 is 34.7 Å². The second-order valence-electron chi connectivity index (χ2n) is 5.12. The molecular formula is C18H15ClN2O2. The molecule has 0 spiro atoms. The van der Waals surface area contributed by atoms with E-state index in [4.69, 9.17) is 16.3 Å². The largest absolute Gasteiger partial charge is 0.469 e. The number of esters is 1. The summed E-state index contributed by atoms with van der Waals surface area (Å²) in [5.41, 5.74) is 4.11. The molecule has 1 aliphatic rings. The third-order valence-electron chi connectivity index (χ3n) is 3.54. The molecule has 1 heterocycles. The summed E-state index contributed by atoms with van der Waals surface area (Å²) in [6.07, 6.45) is 0.129. The van der Waals surface area contributed by atoms with Gasteiger partial charge in [0.15, 0.2) is 0 Å². The summed E-state index contributed by atoms with van der Waals surface area (Å²) < 4.78 is 4.72. The lowest BCUT2D eigenvalue weighted by Crippen LogP contribution is -2.12. The lowest BCUT2D eigenvalue weighted by atomic mass is 10.0. The molecule has 0 fully saturated rings. The molecule has 2 aromatic rings. The van der Waals surface area contributed by atoms with E-state index in [1.54, 1.807) is 6.07 Å². The molecule has 3 rings (SSSR count). The number of methoxy groups -OCH3 is 1. The van der Waals surface area contributed by atoms with Gasteiger partial charge in [0.05, 0.1) is 37.2 Å². The molecule has 116 valence electrons. The number of nitrogens with zero attached hydrogens (tertiary/aromatic N) is 2. The van der Waals surface area contributed by atoms with Gasteiger partial charge in [0.2, 0.25) is 0 Å². The molecule has 23 heavy (non-hydrogen) atoms. The number of halogens is 1. The number of hydrogen-bond acceptors (Lipinski definition) is 4. The average molecular weight is 327 g/mol. The topological polar surface area (TPSA) is 51.0 Å². The maximum atomic E-state index is 11.5. The van der Waals surface area contributed by atoms with Crippen LogP contribution in [0.25, 0.3) is 0 Å². The number of hydrogen-bond donors (Lipinski definition) is 0. The van der Waals surface area contributed by atoms with E-state index in [2.05, 4.69) is 9.98 Å². The molecule has 0 aromatic heterocycles. The first-order valence-electron chi connectivity index (χ1n) is 7.20. The Morgan fingerprint density at radius 2 is 2.00 bits per heavy atom. The van der Waals surface area contributed by atoms with E-state index in [9.17, 15) is 4.79 Å². The van der Waals surface area contributed by atoms with Crippen molar-refractivity contribution in [1.82, 2.24) is 0 Å². The number of benzene rings is 2. The fourth-order valence-corrected chi connectivity index (χ4v) is 2.61. The van der Waals surface area contributed by atoms with Crippen molar-refractivity contribution in [2.24, 2.45) is 9.98 Å². The fourth-order valence-electron chi connectivity index (χ4n) is 2.43. The maximum absolute atomic E-state index is 11.5. The Balaban J connectivity index is 2.08. The Bertz CT molecular complexity index is 798. The van der Waals surface area contributed by atoms with Crippen LogP contribution in [0.5, 0.6) is 0 Å². The van der Waals surface area contributed by atoms with Crippen LogP contribution in [0.15, 0.2) is 58.5 Å². The molecule has 0 saturated carbocycles. The highest BCUT2D eigenvalue weighted by Crippen LogP contribution is 2.28. The minimum Gasteiger partial charge on any atom is -0.469 e. The molecule has 0 atom stereocenters. The number of ether oxygens (including phenoxy) is 1. The van der Waals surface area contributed by atoms with Crippen molar-refractivity contribution in [3.05, 3.63) is 64.7 Å². The standard InChI is InChI=1S/C18H15ClN2O2/c1-23-17(22)10-14-11-20-18(12-5-3-2-4-6-12)15-9-13(19)7-8-16(15)21-14/h2-9H,10-11H2,1H3. The van der Waals surface area contributed by atoms with E-state index in [-0.39, 0.29) is 12.4 Å². The Kier molecular flexibility index (Phi) is 4.53. The zero-order valence-corrected chi connectivity index (χ0v) is 13.4. The third kappa shape index (κ3) is 3.48. The highest BCUT2D eigenvalue weighted by molar-refractivity contribution is 6.31. The summed E-state index contributed by atoms with van der Waals surface area (Å²) in [6, 6.07) is 15.4. The normalized spacial score (nSPS) is 13.5. The molecule has 0 amide bonds. The van der Waals surface area contributed by atoms with Crippen molar-refractivity contribution in [1.29, 1.82) is 0 Å². The molecule has 0 aliphatic carbocycles. The van der Waals surface area contributed by atoms with Crippen LogP contribution in [0.1, 0.15) is 17.5 Å². The number of carbonyl (C=O) groups excluding carboxylic acids is 1. The molecule has 1 aliphatic heterocycles. The molecule has 4 nitrogen and oxygen atoms in total. The zero-order chi connectivity index (χ0) is 16.2. The minimum atomic E-state index is -0.322. The lowest BCUT2D eigenvalue weighted by Gasteiger charge is -2.08. The van der Waals surface area contributed by atoms with Crippen LogP contribution in [0.4, 0.5) is 5.69 Å². The van der Waals surface area contributed by atoms with Crippen LogP contribution in [0, 0.1) is 0 Å². The second kappa shape index (κ2) is 6.75. The van der Waals surface area contributed by atoms with Gasteiger partial charge in [-0.1, -0.05) is 41.9 Å². The molecule has 5 heteroatoms. The van der Waals surface area contributed by atoms with Gasteiger partial charge in [-0.05, 0) is 18.2 Å². The van der Waals surface area contributed by atoms with Gasteiger partial charge in [0, 0.05) is 16.1 Å². The van der Waals surface area contributed by atoms with Crippen LogP contribution < -0.4 is 0 Å². The average Bonchev–Trinajstić information content (AvgIpc) is 2.74. The zero-order valence-electron chi connectivity index (χ0n) is 12.6. The van der Waals surface area contributed by atoms with Crippen molar-refractivity contribution in [3.8, 4) is 0 Å². The lowest BCUT2D eigenvalue weighted by molar-refractivity contribution is -0.139. The summed E-state index contributed by atoms with van der Waals surface area (Å²) >= 11 is 6.15. The summed E-state index contributed by atoms with van der Waals surface area (Å²) in [5, 5.41) is 0.624. The van der Waals surface area contributed by atoms with Gasteiger partial charge in [0.1, 0.15) is 0 Å². The van der Waals surface area contributed by atoms with Crippen LogP contribution in [0.2, 0.25) is 5.02 Å². The Morgan fingerprint density at radius 3 is 2.74 bits per heavy atom. The Morgan fingerprint density at radius 1 is 1.22 bits per heavy atom. The van der Waals surface area contributed by atoms with E-state index in [1.165, 1.54) is 7.11 Å². The number of aliphatic imine (C=N–C) groups is 2. The van der Waals surface area contributed by atoms with E-state index < -0.39 is 0 Å². The minimum absolute atomic E-state index is 0.129. The van der Waals surface area contributed by atoms with Gasteiger partial charge in [-0.15, -0.1) is 0 Å². The predicted molar refractivity (Wildman–Crippen MR) is 92.1 cm³/mol. The highest BCUT2D eigenvalue weighted by atomic mass is 35.5. The first kappa shape index (κ1) is 15.4. The first-order chi connectivity index (χ1) is 11.2. The number of rotatable bonds is 3. The van der Waals surface area contributed by atoms with Gasteiger partial charge in [-0.3, -0.25) is 14.8 Å². The quantitative estimate of drug-likeness (QED) is 0.805. The van der Waals surface area contributed by atoms with Crippen LogP contribution >= 0.6 is 11.6 Å². The second-order valence-corrected chi connectivity index (χ2v) is 5.56. The number of fused-ring (bicyclic) bond motifs is 1. The van der Waals surface area contributed by atoms with Crippen molar-refractivity contribution in [2.75, 3.05) is 13.7 Å². The SMILES string of the molecule is COC(=O)CC1=Nc2ccc(Cl)cc2C(c2ccccc2)=NC1. The summed E-state index contributed by atoms with van der Waals surface area (Å²) in [4.78, 5) is 20.8. The Hall–Kier alpha value is -2.46. The molecule has 0 N–H and O–H groups in total. The van der Waals surface area contributed by atoms with E-state index in [0.717, 1.165) is 22.5 Å². The summed E-state index contributed by atoms with van der Waals surface area (Å²) in [6.45, 7) is 0.353. The van der Waals surface area contributed by atoms with Gasteiger partial charge >= 0.3 is 5.97 Å². The van der Waals surface area contributed by atoms with E-state index in [1.807, 2.05) is 42.5 Å². The van der Waals surface area contributed by atoms with Crippen molar-refractivity contribution in [2.45, 2.75) is 6.42 Å². The van der Waals surface area contributed by atoms with E-state index >= 15 is 0 Å². The molecule has 2 aromatic carbocycles. The van der Waals surface area contributed by atoms with Gasteiger partial charge in [-0.25, -0.2) is 0 Å². The first-order valence-corrected chi connectivity index (χ1v) is 7.58. The van der Waals surface area contributed by atoms with Crippen LogP contribution in [-0.4, -0.2) is 31.0 Å². The van der Waals surface area contributed by atoms with Crippen LogP contribution in [0.3, 0.4) is 0 Å². The molecular weight excluding hydrogens is 312 g/mol. The molecule has 0 bridgehead atoms. The monoisotopic (exact) mass is 326 g/mol. The molecule has 0 unspecified atom stereocenters. The fraction of sp³-hybridized carbons (Fsp3) is 0.167. The Labute approximate surface area is 139 Å². The predicted octanol–water partition coefficient (Wildman–Crippen LogP) is 3.83. The smallest absolute Gasteiger partial charge is 0.311 e. The van der Waals surface area contributed by atoms with Gasteiger partial charge in [0.25, 0.3) is 0 Å². The van der Waals surface area contributed by atoms with Crippen molar-refractivity contribution in [3.63, 3.8) is 0 Å². The third-order valence-corrected chi connectivity index (χ3v) is 3.77. The van der Waals surface area contributed by atoms with Gasteiger partial charge < -0.3 is 4.74 Å². The van der Waals surface area contributed by atoms with Gasteiger partial charge in [-0.2, -0.15) is 0 Å². The van der Waals surface area contributed by atoms with Crippen LogP contribution in [-0.2, 0) is 9.53 Å². The maximum Gasteiger partial charge on any atom is 0.311 e. The summed E-state index contributed by atoms with van der Waals surface area (Å²) in [7, 11) is 1.37. The van der Waals surface area contributed by atoms with Crippen molar-refractivity contribution < 1.29 is 9.53 Å². The highest BCUT2D eigenvalue weighted by Gasteiger charge is 2.18. The van der Waals surface area contributed by atoms with E-state index in [0.29, 0.717) is 17.3 Å². The molecule has 0 radical (unpaired) electrons. The number of carbonyl (C=O) groups is 1.